The van der Waals surface area contributed by atoms with Crippen molar-refractivity contribution in [1.29, 1.82) is 0 Å². The number of sulfonamides is 1. The Hall–Kier alpha value is -3.23. The highest BCUT2D eigenvalue weighted by Gasteiger charge is 2.11. The number of carbonyl (C=O) groups excluding carboxylic acids is 1. The van der Waals surface area contributed by atoms with Gasteiger partial charge in [-0.15, -0.1) is 0 Å². The Bertz CT molecular complexity index is 1200. The second kappa shape index (κ2) is 10.4. The highest BCUT2D eigenvalue weighted by atomic mass is 32.2. The number of hydrogen-bond acceptors (Lipinski definition) is 4. The van der Waals surface area contributed by atoms with Crippen molar-refractivity contribution in [2.24, 2.45) is 0 Å². The molecule has 1 heterocycles. The third kappa shape index (κ3) is 6.15. The first-order chi connectivity index (χ1) is 15.3. The predicted molar refractivity (Wildman–Crippen MR) is 127 cm³/mol. The SMILES string of the molecule is CCNS(=O)(=O)c1ccc(/C=C/C(=O)Nc2cccc(Cn3ccnc3C(C)C)c2)cc1. The van der Waals surface area contributed by atoms with Gasteiger partial charge in [-0.3, -0.25) is 4.79 Å². The van der Waals surface area contributed by atoms with E-state index in [1.54, 1.807) is 31.3 Å². The second-order valence-corrected chi connectivity index (χ2v) is 9.43. The van der Waals surface area contributed by atoms with Crippen molar-refractivity contribution >= 4 is 27.7 Å². The molecule has 1 aromatic heterocycles. The van der Waals surface area contributed by atoms with Gasteiger partial charge >= 0.3 is 0 Å². The van der Waals surface area contributed by atoms with Gasteiger partial charge in [-0.05, 0) is 41.5 Å². The van der Waals surface area contributed by atoms with Gasteiger partial charge in [0.2, 0.25) is 15.9 Å². The second-order valence-electron chi connectivity index (χ2n) is 7.66. The molecule has 0 spiro atoms. The number of imidazole rings is 1. The molecule has 0 aliphatic carbocycles. The Morgan fingerprint density at radius 1 is 1.16 bits per heavy atom. The van der Waals surface area contributed by atoms with Crippen LogP contribution >= 0.6 is 0 Å². The lowest BCUT2D eigenvalue weighted by Gasteiger charge is -2.11. The highest BCUT2D eigenvalue weighted by molar-refractivity contribution is 7.89. The summed E-state index contributed by atoms with van der Waals surface area (Å²) in [6, 6.07) is 14.0. The number of amides is 1. The molecule has 0 aliphatic heterocycles. The summed E-state index contributed by atoms with van der Waals surface area (Å²) >= 11 is 0. The first kappa shape index (κ1) is 23.4. The lowest BCUT2D eigenvalue weighted by molar-refractivity contribution is -0.111. The summed E-state index contributed by atoms with van der Waals surface area (Å²) < 4.78 is 28.5. The third-order valence-electron chi connectivity index (χ3n) is 4.76. The monoisotopic (exact) mass is 452 g/mol. The topological polar surface area (TPSA) is 93.1 Å². The molecule has 2 aromatic carbocycles. The molecule has 1 amide bonds. The number of aromatic nitrogens is 2. The van der Waals surface area contributed by atoms with E-state index in [2.05, 4.69) is 33.4 Å². The lowest BCUT2D eigenvalue weighted by Crippen LogP contribution is -2.22. The Morgan fingerprint density at radius 3 is 2.59 bits per heavy atom. The fourth-order valence-corrected chi connectivity index (χ4v) is 4.33. The number of rotatable bonds is 9. The molecule has 0 aliphatic rings. The zero-order chi connectivity index (χ0) is 23.1. The molecule has 8 heteroatoms. The van der Waals surface area contributed by atoms with Crippen molar-refractivity contribution in [2.45, 2.75) is 38.1 Å². The molecule has 0 fully saturated rings. The summed E-state index contributed by atoms with van der Waals surface area (Å²) in [5.74, 6) is 1.08. The van der Waals surface area contributed by atoms with Crippen LogP contribution in [0, 0.1) is 0 Å². The molecule has 0 saturated carbocycles. The lowest BCUT2D eigenvalue weighted by atomic mass is 10.1. The average Bonchev–Trinajstić information content (AvgIpc) is 3.21. The zero-order valence-corrected chi connectivity index (χ0v) is 19.3. The number of benzene rings is 2. The molecule has 3 rings (SSSR count). The Kier molecular flexibility index (Phi) is 7.61. The van der Waals surface area contributed by atoms with Crippen LogP contribution in [0.15, 0.2) is 71.9 Å². The van der Waals surface area contributed by atoms with Crippen LogP contribution < -0.4 is 10.0 Å². The molecule has 7 nitrogen and oxygen atoms in total. The van der Waals surface area contributed by atoms with Gasteiger partial charge in [0, 0.05) is 43.2 Å². The molecule has 0 atom stereocenters. The Balaban J connectivity index is 1.63. The van der Waals surface area contributed by atoms with Crippen LogP contribution in [0.5, 0.6) is 0 Å². The van der Waals surface area contributed by atoms with E-state index in [1.165, 1.54) is 18.2 Å². The molecule has 0 radical (unpaired) electrons. The van der Waals surface area contributed by atoms with Crippen LogP contribution in [0.3, 0.4) is 0 Å². The standard InChI is InChI=1S/C24H28N4O3S/c1-4-26-32(30,31)22-11-8-19(9-12-22)10-13-23(29)27-21-7-5-6-20(16-21)17-28-15-14-25-24(28)18(2)3/h5-16,18,26H,4,17H2,1-3H3,(H,27,29)/b13-10+. The van der Waals surface area contributed by atoms with Gasteiger partial charge in [0.25, 0.3) is 0 Å². The Morgan fingerprint density at radius 2 is 1.91 bits per heavy atom. The van der Waals surface area contributed by atoms with Crippen molar-refractivity contribution in [3.8, 4) is 0 Å². The summed E-state index contributed by atoms with van der Waals surface area (Å²) in [6.45, 7) is 6.94. The van der Waals surface area contributed by atoms with Gasteiger partial charge in [0.05, 0.1) is 4.90 Å². The van der Waals surface area contributed by atoms with Crippen LogP contribution in [0.4, 0.5) is 5.69 Å². The number of hydrogen-bond donors (Lipinski definition) is 2. The van der Waals surface area contributed by atoms with Crippen molar-refractivity contribution in [3.63, 3.8) is 0 Å². The van der Waals surface area contributed by atoms with Crippen molar-refractivity contribution in [3.05, 3.63) is 84.0 Å². The maximum absolute atomic E-state index is 12.3. The first-order valence-corrected chi connectivity index (χ1v) is 12.0. The van der Waals surface area contributed by atoms with Gasteiger partial charge in [0.15, 0.2) is 0 Å². The number of nitrogens with one attached hydrogen (secondary N) is 2. The van der Waals surface area contributed by atoms with Gasteiger partial charge in [-0.1, -0.05) is 45.0 Å². The maximum atomic E-state index is 12.3. The quantitative estimate of drug-likeness (QED) is 0.480. The summed E-state index contributed by atoms with van der Waals surface area (Å²) in [5.41, 5.74) is 2.49. The van der Waals surface area contributed by atoms with E-state index < -0.39 is 10.0 Å². The van der Waals surface area contributed by atoms with E-state index in [-0.39, 0.29) is 10.8 Å². The summed E-state index contributed by atoms with van der Waals surface area (Å²) in [4.78, 5) is 17.0. The van der Waals surface area contributed by atoms with Crippen LogP contribution in [-0.2, 0) is 21.4 Å². The average molecular weight is 453 g/mol. The van der Waals surface area contributed by atoms with Crippen LogP contribution in [0.1, 0.15) is 43.6 Å². The minimum Gasteiger partial charge on any atom is -0.330 e. The molecule has 2 N–H and O–H groups in total. The predicted octanol–water partition coefficient (Wildman–Crippen LogP) is 4.00. The first-order valence-electron chi connectivity index (χ1n) is 10.5. The molecule has 0 bridgehead atoms. The smallest absolute Gasteiger partial charge is 0.248 e. The molecule has 0 unspecified atom stereocenters. The Labute approximate surface area is 189 Å². The third-order valence-corrected chi connectivity index (χ3v) is 6.32. The van der Waals surface area contributed by atoms with E-state index in [1.807, 2.05) is 30.5 Å². The molecule has 0 saturated heterocycles. The number of carbonyl (C=O) groups is 1. The van der Waals surface area contributed by atoms with E-state index in [4.69, 9.17) is 0 Å². The highest BCUT2D eigenvalue weighted by Crippen LogP contribution is 2.17. The summed E-state index contributed by atoms with van der Waals surface area (Å²) in [5, 5.41) is 2.87. The van der Waals surface area contributed by atoms with E-state index in [9.17, 15) is 13.2 Å². The van der Waals surface area contributed by atoms with Crippen LogP contribution in [-0.4, -0.2) is 30.4 Å². The summed E-state index contributed by atoms with van der Waals surface area (Å²) in [6.07, 6.45) is 6.82. The minimum absolute atomic E-state index is 0.191. The maximum Gasteiger partial charge on any atom is 0.248 e. The molecular formula is C24H28N4O3S. The van der Waals surface area contributed by atoms with Crippen LogP contribution in [0.2, 0.25) is 0 Å². The van der Waals surface area contributed by atoms with Crippen molar-refractivity contribution in [1.82, 2.24) is 14.3 Å². The fourth-order valence-electron chi connectivity index (χ4n) is 3.29. The van der Waals surface area contributed by atoms with Crippen molar-refractivity contribution < 1.29 is 13.2 Å². The molecule has 168 valence electrons. The van der Waals surface area contributed by atoms with Crippen LogP contribution in [0.25, 0.3) is 6.08 Å². The van der Waals surface area contributed by atoms with Crippen molar-refractivity contribution in [2.75, 3.05) is 11.9 Å². The van der Waals surface area contributed by atoms with E-state index >= 15 is 0 Å². The normalized spacial score (nSPS) is 11.9. The molecule has 3 aromatic rings. The minimum atomic E-state index is -3.49. The molecule has 32 heavy (non-hydrogen) atoms. The van der Waals surface area contributed by atoms with Gasteiger partial charge in [-0.2, -0.15) is 0 Å². The largest absolute Gasteiger partial charge is 0.330 e. The summed E-state index contributed by atoms with van der Waals surface area (Å²) in [7, 11) is -3.49. The van der Waals surface area contributed by atoms with E-state index in [0.717, 1.165) is 17.0 Å². The van der Waals surface area contributed by atoms with Gasteiger partial charge in [0.1, 0.15) is 5.82 Å². The fraction of sp³-hybridized carbons (Fsp3) is 0.250. The number of anilines is 1. The number of nitrogens with zero attached hydrogens (tertiary/aromatic N) is 2. The van der Waals surface area contributed by atoms with Gasteiger partial charge in [-0.25, -0.2) is 18.1 Å². The van der Waals surface area contributed by atoms with Gasteiger partial charge < -0.3 is 9.88 Å². The zero-order valence-electron chi connectivity index (χ0n) is 18.4. The molecular weight excluding hydrogens is 424 g/mol. The van der Waals surface area contributed by atoms with E-state index in [0.29, 0.717) is 24.7 Å².